The minimum atomic E-state index is -0.556. The smallest absolute Gasteiger partial charge is 0.0714 e. The molecule has 0 spiro atoms. The summed E-state index contributed by atoms with van der Waals surface area (Å²) in [5.41, 5.74) is 22.0. The number of benzene rings is 12. The molecular weight excluding hydrogens is 893 g/mol. The molecule has 0 atom stereocenters. The van der Waals surface area contributed by atoms with E-state index in [1.54, 1.807) is 0 Å². The van der Waals surface area contributed by atoms with Crippen LogP contribution in [0.4, 0.5) is 34.1 Å². The van der Waals surface area contributed by atoms with Gasteiger partial charge in [-0.25, -0.2) is 0 Å². The summed E-state index contributed by atoms with van der Waals surface area (Å²) in [4.78, 5) is 4.80. The van der Waals surface area contributed by atoms with E-state index < -0.39 is 5.41 Å². The highest BCUT2D eigenvalue weighted by Gasteiger charge is 2.47. The van der Waals surface area contributed by atoms with Crippen molar-refractivity contribution >= 4 is 44.9 Å². The molecule has 0 radical (unpaired) electrons. The van der Waals surface area contributed by atoms with Crippen LogP contribution >= 0.6 is 0 Å². The maximum Gasteiger partial charge on any atom is 0.0714 e. The molecule has 0 N–H and O–H groups in total. The summed E-state index contributed by atoms with van der Waals surface area (Å²) >= 11 is 0. The van der Waals surface area contributed by atoms with E-state index in [0.29, 0.717) is 0 Å². The molecule has 0 saturated heterocycles. The van der Waals surface area contributed by atoms with Gasteiger partial charge in [-0.2, -0.15) is 0 Å². The van der Waals surface area contributed by atoms with E-state index in [1.165, 1.54) is 72.0 Å². The van der Waals surface area contributed by atoms with E-state index in [4.69, 9.17) is 0 Å². The molecule has 0 unspecified atom stereocenters. The Morgan fingerprint density at radius 2 is 0.757 bits per heavy atom. The standard InChI is InChI=1S/C72H52N2/c1-51-21-19-36-67-70(51)66-47-46-64(50-68(66)72(67,58-26-9-3-10-27-58)59-28-11-4-12-29-59)74(69-48-43-55-22-17-18-35-65(55)71(69)56-23-7-2-8-24-56)63-34-20-25-57(49-63)54-39-37-52(38-40-54)53-41-44-62(45-42-53)73(60-30-13-5-14-31-60)61-32-15-6-16-33-61/h2-50H,1H3. The third-order valence-corrected chi connectivity index (χ3v) is 15.0. The number of hydrogen-bond donors (Lipinski definition) is 0. The number of para-hydroxylation sites is 2. The summed E-state index contributed by atoms with van der Waals surface area (Å²) in [5, 5.41) is 2.41. The van der Waals surface area contributed by atoms with Gasteiger partial charge in [-0.15, -0.1) is 0 Å². The van der Waals surface area contributed by atoms with Gasteiger partial charge in [0.1, 0.15) is 0 Å². The van der Waals surface area contributed by atoms with Crippen LogP contribution in [0.1, 0.15) is 27.8 Å². The predicted octanol–water partition coefficient (Wildman–Crippen LogP) is 19.5. The van der Waals surface area contributed by atoms with Gasteiger partial charge < -0.3 is 9.80 Å². The van der Waals surface area contributed by atoms with E-state index in [0.717, 1.165) is 45.3 Å². The molecule has 0 bridgehead atoms. The van der Waals surface area contributed by atoms with Crippen LogP contribution in [0.3, 0.4) is 0 Å². The first kappa shape index (κ1) is 44.4. The van der Waals surface area contributed by atoms with E-state index >= 15 is 0 Å². The first-order chi connectivity index (χ1) is 36.6. The molecule has 1 aliphatic carbocycles. The number of rotatable bonds is 11. The normalized spacial score (nSPS) is 12.2. The molecule has 0 aromatic heterocycles. The average Bonchev–Trinajstić information content (AvgIpc) is 3.83. The van der Waals surface area contributed by atoms with Crippen LogP contribution in [-0.4, -0.2) is 0 Å². The van der Waals surface area contributed by atoms with Gasteiger partial charge in [-0.3, -0.25) is 0 Å². The third-order valence-electron chi connectivity index (χ3n) is 15.0. The van der Waals surface area contributed by atoms with Crippen molar-refractivity contribution in [1.29, 1.82) is 0 Å². The van der Waals surface area contributed by atoms with Gasteiger partial charge in [0.2, 0.25) is 0 Å². The Morgan fingerprint density at radius 1 is 0.284 bits per heavy atom. The molecular formula is C72H52N2. The minimum Gasteiger partial charge on any atom is -0.311 e. The fourth-order valence-electron chi connectivity index (χ4n) is 11.7. The summed E-state index contributed by atoms with van der Waals surface area (Å²) in [7, 11) is 0. The summed E-state index contributed by atoms with van der Waals surface area (Å²) in [6.45, 7) is 2.26. The number of nitrogens with zero attached hydrogens (tertiary/aromatic N) is 2. The molecule has 2 heteroatoms. The van der Waals surface area contributed by atoms with E-state index in [2.05, 4.69) is 314 Å². The van der Waals surface area contributed by atoms with Gasteiger partial charge in [0.15, 0.2) is 0 Å². The van der Waals surface area contributed by atoms with E-state index in [-0.39, 0.29) is 0 Å². The van der Waals surface area contributed by atoms with E-state index in [9.17, 15) is 0 Å². The van der Waals surface area contributed by atoms with Crippen LogP contribution in [0, 0.1) is 6.92 Å². The van der Waals surface area contributed by atoms with Crippen LogP contribution in [0.2, 0.25) is 0 Å². The third kappa shape index (κ3) is 7.67. The Bertz CT molecular complexity index is 3850. The van der Waals surface area contributed by atoms with Crippen molar-refractivity contribution in [3.63, 3.8) is 0 Å². The maximum atomic E-state index is 2.50. The van der Waals surface area contributed by atoms with E-state index in [1.807, 2.05) is 0 Å². The van der Waals surface area contributed by atoms with Crippen molar-refractivity contribution < 1.29 is 0 Å². The van der Waals surface area contributed by atoms with Crippen LogP contribution < -0.4 is 9.80 Å². The molecule has 0 aliphatic heterocycles. The number of hydrogen-bond acceptors (Lipinski definition) is 2. The second kappa shape index (κ2) is 18.9. The van der Waals surface area contributed by atoms with Crippen molar-refractivity contribution in [1.82, 2.24) is 0 Å². The lowest BCUT2D eigenvalue weighted by molar-refractivity contribution is 0.768. The molecule has 13 rings (SSSR count). The Balaban J connectivity index is 0.954. The molecule has 350 valence electrons. The SMILES string of the molecule is Cc1cccc2c1-c1ccc(N(c3cccc(-c4ccc(-c5ccc(N(c6ccccc6)c6ccccc6)cc5)cc4)c3)c3ccc4ccccc4c3-c3ccccc3)cc1C2(c1ccccc1)c1ccccc1. The zero-order valence-corrected chi connectivity index (χ0v) is 41.2. The van der Waals surface area contributed by atoms with Crippen LogP contribution in [-0.2, 0) is 5.41 Å². The number of fused-ring (bicyclic) bond motifs is 4. The van der Waals surface area contributed by atoms with Crippen LogP contribution in [0.15, 0.2) is 297 Å². The topological polar surface area (TPSA) is 6.48 Å². The van der Waals surface area contributed by atoms with Crippen molar-refractivity contribution in [3.05, 3.63) is 325 Å². The fourth-order valence-corrected chi connectivity index (χ4v) is 11.7. The molecule has 12 aromatic rings. The molecule has 12 aromatic carbocycles. The van der Waals surface area contributed by atoms with Gasteiger partial charge in [0.05, 0.1) is 11.1 Å². The lowest BCUT2D eigenvalue weighted by Gasteiger charge is -2.35. The van der Waals surface area contributed by atoms with Gasteiger partial charge >= 0.3 is 0 Å². The Kier molecular flexibility index (Phi) is 11.4. The summed E-state index contributed by atoms with van der Waals surface area (Å²) in [6, 6.07) is 109. The summed E-state index contributed by atoms with van der Waals surface area (Å²) in [5.74, 6) is 0. The molecule has 0 saturated carbocycles. The van der Waals surface area contributed by atoms with Gasteiger partial charge in [-0.05, 0) is 151 Å². The number of anilines is 6. The lowest BCUT2D eigenvalue weighted by atomic mass is 9.67. The predicted molar refractivity (Wildman–Crippen MR) is 312 cm³/mol. The largest absolute Gasteiger partial charge is 0.311 e. The van der Waals surface area contributed by atoms with Crippen LogP contribution in [0.5, 0.6) is 0 Å². The zero-order chi connectivity index (χ0) is 49.4. The molecule has 2 nitrogen and oxygen atoms in total. The van der Waals surface area contributed by atoms with Gasteiger partial charge in [0.25, 0.3) is 0 Å². The van der Waals surface area contributed by atoms with Crippen molar-refractivity contribution in [2.75, 3.05) is 9.80 Å². The first-order valence-corrected chi connectivity index (χ1v) is 25.6. The van der Waals surface area contributed by atoms with Crippen LogP contribution in [0.25, 0.3) is 55.3 Å². The average molecular weight is 945 g/mol. The Labute approximate surface area is 434 Å². The quantitative estimate of drug-likeness (QED) is 0.127. The Hall–Kier alpha value is -9.50. The lowest BCUT2D eigenvalue weighted by Crippen LogP contribution is -2.28. The second-order valence-corrected chi connectivity index (χ2v) is 19.3. The van der Waals surface area contributed by atoms with Crippen molar-refractivity contribution in [3.8, 4) is 44.5 Å². The second-order valence-electron chi connectivity index (χ2n) is 19.3. The highest BCUT2D eigenvalue weighted by molar-refractivity contribution is 6.06. The highest BCUT2D eigenvalue weighted by atomic mass is 15.1. The fraction of sp³-hybridized carbons (Fsp3) is 0.0278. The molecule has 0 heterocycles. The number of aryl methyl sites for hydroxylation is 1. The molecule has 1 aliphatic rings. The Morgan fingerprint density at radius 3 is 1.39 bits per heavy atom. The summed E-state index contributed by atoms with van der Waals surface area (Å²) < 4.78 is 0. The summed E-state index contributed by atoms with van der Waals surface area (Å²) in [6.07, 6.45) is 0. The molecule has 0 amide bonds. The molecule has 74 heavy (non-hydrogen) atoms. The van der Waals surface area contributed by atoms with Crippen molar-refractivity contribution in [2.24, 2.45) is 0 Å². The van der Waals surface area contributed by atoms with Gasteiger partial charge in [0, 0.05) is 34.0 Å². The monoisotopic (exact) mass is 944 g/mol. The van der Waals surface area contributed by atoms with Gasteiger partial charge in [-0.1, -0.05) is 231 Å². The zero-order valence-electron chi connectivity index (χ0n) is 41.2. The molecule has 0 fully saturated rings. The maximum absolute atomic E-state index is 2.50. The minimum absolute atomic E-state index is 0.556. The van der Waals surface area contributed by atoms with Crippen molar-refractivity contribution in [2.45, 2.75) is 12.3 Å². The highest BCUT2D eigenvalue weighted by Crippen LogP contribution is 2.58. The first-order valence-electron chi connectivity index (χ1n) is 25.6.